The van der Waals surface area contributed by atoms with E-state index in [0.717, 1.165) is 18.7 Å². The molecular formula is C17H24N2O4. The molecule has 1 aromatic rings. The van der Waals surface area contributed by atoms with Gasteiger partial charge in [-0.1, -0.05) is 12.1 Å². The van der Waals surface area contributed by atoms with Gasteiger partial charge in [0.15, 0.2) is 0 Å². The summed E-state index contributed by atoms with van der Waals surface area (Å²) in [5, 5.41) is 2.90. The number of hydrogen-bond donors (Lipinski definition) is 1. The Hall–Kier alpha value is -1.92. The van der Waals surface area contributed by atoms with Gasteiger partial charge in [0.2, 0.25) is 5.91 Å². The molecule has 0 radical (unpaired) electrons. The smallest absolute Gasteiger partial charge is 0.337 e. The van der Waals surface area contributed by atoms with Crippen LogP contribution >= 0.6 is 0 Å². The van der Waals surface area contributed by atoms with E-state index < -0.39 is 0 Å². The van der Waals surface area contributed by atoms with Crippen molar-refractivity contribution in [2.24, 2.45) is 0 Å². The molecule has 0 aromatic heterocycles. The number of methoxy groups -OCH3 is 1. The first-order valence-corrected chi connectivity index (χ1v) is 7.79. The summed E-state index contributed by atoms with van der Waals surface area (Å²) in [6, 6.07) is 7.01. The zero-order valence-corrected chi connectivity index (χ0v) is 13.9. The lowest BCUT2D eigenvalue weighted by Gasteiger charge is -2.34. The van der Waals surface area contributed by atoms with Gasteiger partial charge in [-0.05, 0) is 31.5 Å². The van der Waals surface area contributed by atoms with Gasteiger partial charge in [-0.25, -0.2) is 4.79 Å². The summed E-state index contributed by atoms with van der Waals surface area (Å²) in [4.78, 5) is 25.5. The number of nitrogens with zero attached hydrogens (tertiary/aromatic N) is 1. The molecule has 2 atom stereocenters. The monoisotopic (exact) mass is 320 g/mol. The van der Waals surface area contributed by atoms with Gasteiger partial charge >= 0.3 is 5.97 Å². The van der Waals surface area contributed by atoms with E-state index in [9.17, 15) is 9.59 Å². The summed E-state index contributed by atoms with van der Waals surface area (Å²) in [5.41, 5.74) is 1.44. The second kappa shape index (κ2) is 8.08. The number of esters is 1. The Balaban J connectivity index is 1.79. The van der Waals surface area contributed by atoms with E-state index >= 15 is 0 Å². The molecule has 6 nitrogen and oxygen atoms in total. The number of carbonyl (C=O) groups is 2. The second-order valence-electron chi connectivity index (χ2n) is 5.92. The summed E-state index contributed by atoms with van der Waals surface area (Å²) >= 11 is 0. The van der Waals surface area contributed by atoms with E-state index in [1.54, 1.807) is 12.1 Å². The lowest BCUT2D eigenvalue weighted by atomic mass is 10.1. The predicted molar refractivity (Wildman–Crippen MR) is 86.1 cm³/mol. The zero-order chi connectivity index (χ0) is 16.8. The highest BCUT2D eigenvalue weighted by Crippen LogP contribution is 2.10. The maximum atomic E-state index is 12.1. The highest BCUT2D eigenvalue weighted by atomic mass is 16.5. The maximum absolute atomic E-state index is 12.1. The number of hydrogen-bond acceptors (Lipinski definition) is 5. The molecule has 1 aliphatic rings. The molecular weight excluding hydrogens is 296 g/mol. The Kier molecular flexibility index (Phi) is 6.12. The van der Waals surface area contributed by atoms with Gasteiger partial charge < -0.3 is 14.8 Å². The Morgan fingerprint density at radius 2 is 1.83 bits per heavy atom. The number of carbonyl (C=O) groups excluding carboxylic acids is 2. The minimum absolute atomic E-state index is 0.0108. The van der Waals surface area contributed by atoms with Crippen molar-refractivity contribution in [3.63, 3.8) is 0 Å². The predicted octanol–water partition coefficient (Wildman–Crippen LogP) is 1.20. The SMILES string of the molecule is COC(=O)c1ccc(CNC(=O)CN2C[C@H](C)O[C@@H](C)C2)cc1. The fraction of sp³-hybridized carbons (Fsp3) is 0.529. The fourth-order valence-corrected chi connectivity index (χ4v) is 2.75. The van der Waals surface area contributed by atoms with Gasteiger partial charge in [0.25, 0.3) is 0 Å². The van der Waals surface area contributed by atoms with E-state index in [1.165, 1.54) is 7.11 Å². The van der Waals surface area contributed by atoms with Crippen LogP contribution in [0.2, 0.25) is 0 Å². The Morgan fingerprint density at radius 1 is 1.22 bits per heavy atom. The summed E-state index contributed by atoms with van der Waals surface area (Å²) < 4.78 is 10.3. The number of ether oxygens (including phenoxy) is 2. The standard InChI is InChI=1S/C17H24N2O4/c1-12-9-19(10-13(2)23-12)11-16(20)18-8-14-4-6-15(7-5-14)17(21)22-3/h4-7,12-13H,8-11H2,1-3H3,(H,18,20)/t12-,13-/m0/s1. The van der Waals surface area contributed by atoms with Crippen molar-refractivity contribution in [1.82, 2.24) is 10.2 Å². The first-order valence-electron chi connectivity index (χ1n) is 7.79. The van der Waals surface area contributed by atoms with Gasteiger partial charge in [0.05, 0.1) is 31.4 Å². The number of morpholine rings is 1. The molecule has 23 heavy (non-hydrogen) atoms. The molecule has 0 aliphatic carbocycles. The molecule has 0 bridgehead atoms. The van der Waals surface area contributed by atoms with Crippen LogP contribution in [-0.4, -0.2) is 55.7 Å². The maximum Gasteiger partial charge on any atom is 0.337 e. The molecule has 1 saturated heterocycles. The van der Waals surface area contributed by atoms with E-state index in [4.69, 9.17) is 4.74 Å². The van der Waals surface area contributed by atoms with Crippen LogP contribution in [0.15, 0.2) is 24.3 Å². The van der Waals surface area contributed by atoms with Crippen molar-refractivity contribution in [3.05, 3.63) is 35.4 Å². The van der Waals surface area contributed by atoms with Crippen molar-refractivity contribution < 1.29 is 19.1 Å². The van der Waals surface area contributed by atoms with Gasteiger partial charge in [-0.15, -0.1) is 0 Å². The normalized spacial score (nSPS) is 21.7. The van der Waals surface area contributed by atoms with E-state index in [1.807, 2.05) is 26.0 Å². The minimum atomic E-state index is -0.365. The van der Waals surface area contributed by atoms with Crippen molar-refractivity contribution in [2.45, 2.75) is 32.6 Å². The zero-order valence-electron chi connectivity index (χ0n) is 13.9. The van der Waals surface area contributed by atoms with Crippen LogP contribution in [0.1, 0.15) is 29.8 Å². The third-order valence-corrected chi connectivity index (χ3v) is 3.73. The van der Waals surface area contributed by atoms with Crippen LogP contribution in [0, 0.1) is 0 Å². The van der Waals surface area contributed by atoms with Crippen molar-refractivity contribution in [2.75, 3.05) is 26.7 Å². The molecule has 0 spiro atoms. The molecule has 1 amide bonds. The number of nitrogens with one attached hydrogen (secondary N) is 1. The third kappa shape index (κ3) is 5.33. The van der Waals surface area contributed by atoms with Gasteiger partial charge in [0, 0.05) is 19.6 Å². The molecule has 1 aromatic carbocycles. The van der Waals surface area contributed by atoms with Crippen LogP contribution < -0.4 is 5.32 Å². The van der Waals surface area contributed by atoms with E-state index in [-0.39, 0.29) is 24.1 Å². The van der Waals surface area contributed by atoms with Gasteiger partial charge in [-0.3, -0.25) is 9.69 Å². The molecule has 6 heteroatoms. The number of amides is 1. The quantitative estimate of drug-likeness (QED) is 0.826. The van der Waals surface area contributed by atoms with Crippen LogP contribution in [0.5, 0.6) is 0 Å². The summed E-state index contributed by atoms with van der Waals surface area (Å²) in [7, 11) is 1.35. The van der Waals surface area contributed by atoms with Crippen molar-refractivity contribution in [3.8, 4) is 0 Å². The van der Waals surface area contributed by atoms with Crippen LogP contribution in [-0.2, 0) is 20.8 Å². The van der Waals surface area contributed by atoms with E-state index in [0.29, 0.717) is 18.7 Å². The second-order valence-corrected chi connectivity index (χ2v) is 5.92. The summed E-state index contributed by atoms with van der Waals surface area (Å²) in [6.07, 6.45) is 0.301. The molecule has 0 unspecified atom stereocenters. The summed E-state index contributed by atoms with van der Waals surface area (Å²) in [5.74, 6) is -0.375. The number of rotatable bonds is 5. The Bertz CT molecular complexity index is 534. The molecule has 1 aliphatic heterocycles. The molecule has 1 fully saturated rings. The lowest BCUT2D eigenvalue weighted by Crippen LogP contribution is -2.49. The van der Waals surface area contributed by atoms with E-state index in [2.05, 4.69) is 15.0 Å². The average Bonchev–Trinajstić information content (AvgIpc) is 2.51. The van der Waals surface area contributed by atoms with Crippen molar-refractivity contribution in [1.29, 1.82) is 0 Å². The average molecular weight is 320 g/mol. The Labute approximate surface area is 136 Å². The van der Waals surface area contributed by atoms with Crippen LogP contribution in [0.25, 0.3) is 0 Å². The molecule has 1 N–H and O–H groups in total. The fourth-order valence-electron chi connectivity index (χ4n) is 2.75. The highest BCUT2D eigenvalue weighted by Gasteiger charge is 2.23. The summed E-state index contributed by atoms with van der Waals surface area (Å²) in [6.45, 7) is 6.39. The van der Waals surface area contributed by atoms with Gasteiger partial charge in [0.1, 0.15) is 0 Å². The first-order chi connectivity index (χ1) is 11.0. The lowest BCUT2D eigenvalue weighted by molar-refractivity contribution is -0.126. The molecule has 2 rings (SSSR count). The molecule has 1 heterocycles. The first kappa shape index (κ1) is 17.4. The largest absolute Gasteiger partial charge is 0.465 e. The molecule has 126 valence electrons. The van der Waals surface area contributed by atoms with Gasteiger partial charge in [-0.2, -0.15) is 0 Å². The number of benzene rings is 1. The van der Waals surface area contributed by atoms with Crippen LogP contribution in [0.3, 0.4) is 0 Å². The van der Waals surface area contributed by atoms with Crippen molar-refractivity contribution >= 4 is 11.9 Å². The Morgan fingerprint density at radius 3 is 2.39 bits per heavy atom. The highest BCUT2D eigenvalue weighted by molar-refractivity contribution is 5.89. The minimum Gasteiger partial charge on any atom is -0.465 e. The molecule has 0 saturated carbocycles. The third-order valence-electron chi connectivity index (χ3n) is 3.73. The van der Waals surface area contributed by atoms with Crippen LogP contribution in [0.4, 0.5) is 0 Å². The topological polar surface area (TPSA) is 67.9 Å².